The van der Waals surface area contributed by atoms with Crippen LogP contribution >= 0.6 is 11.6 Å². The number of primary amides is 1. The van der Waals surface area contributed by atoms with Gasteiger partial charge in [-0.1, -0.05) is 11.6 Å². The van der Waals surface area contributed by atoms with Gasteiger partial charge in [0.05, 0.1) is 23.4 Å². The fourth-order valence-electron chi connectivity index (χ4n) is 1.59. The largest absolute Gasteiger partial charge is 0.467 e. The van der Waals surface area contributed by atoms with Crippen molar-refractivity contribution in [3.63, 3.8) is 0 Å². The standard InChI is InChI=1S/C13H13ClN2O2/c1-8-4-5-18-12(8)7-16-9-2-3-10(13(15)17)11(14)6-9/h2-6,16H,7H2,1H3,(H2,15,17). The first-order chi connectivity index (χ1) is 8.58. The van der Waals surface area contributed by atoms with Crippen LogP contribution in [0.3, 0.4) is 0 Å². The van der Waals surface area contributed by atoms with Crippen molar-refractivity contribution in [2.45, 2.75) is 13.5 Å². The van der Waals surface area contributed by atoms with Gasteiger partial charge < -0.3 is 15.5 Å². The van der Waals surface area contributed by atoms with E-state index in [2.05, 4.69) is 5.32 Å². The van der Waals surface area contributed by atoms with Crippen molar-refractivity contribution in [2.75, 3.05) is 5.32 Å². The van der Waals surface area contributed by atoms with Gasteiger partial charge in [0, 0.05) is 5.69 Å². The molecule has 1 aromatic heterocycles. The molecule has 0 radical (unpaired) electrons. The predicted molar refractivity (Wildman–Crippen MR) is 70.7 cm³/mol. The van der Waals surface area contributed by atoms with Gasteiger partial charge in [0.2, 0.25) is 5.91 Å². The third kappa shape index (κ3) is 2.65. The maximum atomic E-state index is 11.0. The van der Waals surface area contributed by atoms with Crippen molar-refractivity contribution in [3.8, 4) is 0 Å². The molecule has 3 N–H and O–H groups in total. The summed E-state index contributed by atoms with van der Waals surface area (Å²) in [6, 6.07) is 6.92. The third-order valence-corrected chi connectivity index (χ3v) is 2.97. The zero-order valence-electron chi connectivity index (χ0n) is 9.87. The molecule has 0 spiro atoms. The Morgan fingerprint density at radius 3 is 2.78 bits per heavy atom. The first kappa shape index (κ1) is 12.5. The Bertz CT molecular complexity index is 578. The Balaban J connectivity index is 2.09. The van der Waals surface area contributed by atoms with E-state index in [-0.39, 0.29) is 0 Å². The predicted octanol–water partition coefficient (Wildman–Crippen LogP) is 2.95. The lowest BCUT2D eigenvalue weighted by Gasteiger charge is -2.07. The molecule has 2 aromatic rings. The molecule has 0 unspecified atom stereocenters. The van der Waals surface area contributed by atoms with Gasteiger partial charge in [0.1, 0.15) is 5.76 Å². The molecular weight excluding hydrogens is 252 g/mol. The van der Waals surface area contributed by atoms with Crippen molar-refractivity contribution >= 4 is 23.2 Å². The van der Waals surface area contributed by atoms with Crippen LogP contribution in [0.5, 0.6) is 0 Å². The number of amides is 1. The van der Waals surface area contributed by atoms with E-state index in [4.69, 9.17) is 21.8 Å². The van der Waals surface area contributed by atoms with E-state index in [1.165, 1.54) is 0 Å². The SMILES string of the molecule is Cc1ccoc1CNc1ccc(C(N)=O)c(Cl)c1. The molecular formula is C13H13ClN2O2. The summed E-state index contributed by atoms with van der Waals surface area (Å²) < 4.78 is 5.31. The Labute approximate surface area is 110 Å². The molecule has 1 heterocycles. The molecule has 0 aliphatic heterocycles. The van der Waals surface area contributed by atoms with Crippen LogP contribution in [0.15, 0.2) is 34.9 Å². The molecule has 5 heteroatoms. The van der Waals surface area contributed by atoms with E-state index in [0.29, 0.717) is 17.1 Å². The smallest absolute Gasteiger partial charge is 0.250 e. The Morgan fingerprint density at radius 1 is 1.44 bits per heavy atom. The molecule has 0 bridgehead atoms. The highest BCUT2D eigenvalue weighted by atomic mass is 35.5. The highest BCUT2D eigenvalue weighted by molar-refractivity contribution is 6.34. The molecule has 0 saturated heterocycles. The highest BCUT2D eigenvalue weighted by Gasteiger charge is 2.07. The number of hydrogen-bond donors (Lipinski definition) is 2. The molecule has 0 aliphatic rings. The number of carbonyl (C=O) groups excluding carboxylic acids is 1. The van der Waals surface area contributed by atoms with Gasteiger partial charge in [-0.25, -0.2) is 0 Å². The van der Waals surface area contributed by atoms with E-state index < -0.39 is 5.91 Å². The second kappa shape index (κ2) is 5.14. The number of nitrogens with two attached hydrogens (primary N) is 1. The van der Waals surface area contributed by atoms with Gasteiger partial charge in [-0.05, 0) is 36.8 Å². The summed E-state index contributed by atoms with van der Waals surface area (Å²) in [5.41, 5.74) is 7.38. The van der Waals surface area contributed by atoms with Crippen LogP contribution in [0.1, 0.15) is 21.7 Å². The maximum absolute atomic E-state index is 11.0. The molecule has 4 nitrogen and oxygen atoms in total. The van der Waals surface area contributed by atoms with Crippen LogP contribution in [0.4, 0.5) is 5.69 Å². The first-order valence-corrected chi connectivity index (χ1v) is 5.82. The van der Waals surface area contributed by atoms with Crippen LogP contribution < -0.4 is 11.1 Å². The monoisotopic (exact) mass is 264 g/mol. The zero-order valence-corrected chi connectivity index (χ0v) is 10.6. The summed E-state index contributed by atoms with van der Waals surface area (Å²) in [5.74, 6) is 0.332. The van der Waals surface area contributed by atoms with Crippen LogP contribution in [0.25, 0.3) is 0 Å². The summed E-state index contributed by atoms with van der Waals surface area (Å²) in [7, 11) is 0. The molecule has 0 fully saturated rings. The second-order valence-electron chi connectivity index (χ2n) is 3.94. The van der Waals surface area contributed by atoms with E-state index in [1.807, 2.05) is 13.0 Å². The van der Waals surface area contributed by atoms with Gasteiger partial charge in [-0.3, -0.25) is 4.79 Å². The third-order valence-electron chi connectivity index (χ3n) is 2.66. The quantitative estimate of drug-likeness (QED) is 0.892. The topological polar surface area (TPSA) is 68.3 Å². The minimum Gasteiger partial charge on any atom is -0.467 e. The molecule has 94 valence electrons. The fourth-order valence-corrected chi connectivity index (χ4v) is 1.87. The molecule has 18 heavy (non-hydrogen) atoms. The highest BCUT2D eigenvalue weighted by Crippen LogP contribution is 2.21. The van der Waals surface area contributed by atoms with Crippen LogP contribution in [0.2, 0.25) is 5.02 Å². The number of nitrogens with one attached hydrogen (secondary N) is 1. The van der Waals surface area contributed by atoms with Gasteiger partial charge >= 0.3 is 0 Å². The average Bonchev–Trinajstić information content (AvgIpc) is 2.72. The number of hydrogen-bond acceptors (Lipinski definition) is 3. The fraction of sp³-hybridized carbons (Fsp3) is 0.154. The molecule has 0 aliphatic carbocycles. The van der Waals surface area contributed by atoms with Gasteiger partial charge in [-0.15, -0.1) is 0 Å². The number of furan rings is 1. The number of halogens is 1. The Morgan fingerprint density at radius 2 is 2.22 bits per heavy atom. The summed E-state index contributed by atoms with van der Waals surface area (Å²) in [5, 5.41) is 3.50. The molecule has 0 atom stereocenters. The van der Waals surface area contributed by atoms with E-state index in [1.54, 1.807) is 24.5 Å². The number of aryl methyl sites for hydroxylation is 1. The maximum Gasteiger partial charge on any atom is 0.250 e. The second-order valence-corrected chi connectivity index (χ2v) is 4.35. The van der Waals surface area contributed by atoms with Crippen molar-refractivity contribution in [3.05, 3.63) is 52.4 Å². The Kier molecular flexibility index (Phi) is 3.58. The number of anilines is 1. The average molecular weight is 265 g/mol. The lowest BCUT2D eigenvalue weighted by Crippen LogP contribution is -2.11. The van der Waals surface area contributed by atoms with Crippen molar-refractivity contribution in [1.29, 1.82) is 0 Å². The normalized spacial score (nSPS) is 10.3. The van der Waals surface area contributed by atoms with E-state index >= 15 is 0 Å². The van der Waals surface area contributed by atoms with Gasteiger partial charge in [0.15, 0.2) is 0 Å². The van der Waals surface area contributed by atoms with Crippen molar-refractivity contribution < 1.29 is 9.21 Å². The Hall–Kier alpha value is -1.94. The number of benzene rings is 1. The first-order valence-electron chi connectivity index (χ1n) is 5.44. The van der Waals surface area contributed by atoms with Crippen LogP contribution in [-0.2, 0) is 6.54 Å². The lowest BCUT2D eigenvalue weighted by atomic mass is 10.2. The molecule has 1 amide bonds. The molecule has 2 rings (SSSR count). The summed E-state index contributed by atoms with van der Waals surface area (Å²) in [6.07, 6.45) is 1.65. The summed E-state index contributed by atoms with van der Waals surface area (Å²) >= 11 is 5.95. The van der Waals surface area contributed by atoms with Crippen LogP contribution in [0, 0.1) is 6.92 Å². The summed E-state index contributed by atoms with van der Waals surface area (Å²) in [4.78, 5) is 11.0. The molecule has 0 saturated carbocycles. The van der Waals surface area contributed by atoms with Crippen molar-refractivity contribution in [1.82, 2.24) is 0 Å². The van der Waals surface area contributed by atoms with Crippen molar-refractivity contribution in [2.24, 2.45) is 5.73 Å². The summed E-state index contributed by atoms with van der Waals surface area (Å²) in [6.45, 7) is 2.54. The number of carbonyl (C=O) groups is 1. The van der Waals surface area contributed by atoms with Gasteiger partial charge in [0.25, 0.3) is 0 Å². The van der Waals surface area contributed by atoms with Crippen LogP contribution in [-0.4, -0.2) is 5.91 Å². The number of rotatable bonds is 4. The van der Waals surface area contributed by atoms with E-state index in [9.17, 15) is 4.79 Å². The minimum absolute atomic E-state index is 0.316. The molecule has 1 aromatic carbocycles. The van der Waals surface area contributed by atoms with Gasteiger partial charge in [-0.2, -0.15) is 0 Å². The zero-order chi connectivity index (χ0) is 13.1. The van der Waals surface area contributed by atoms with E-state index in [0.717, 1.165) is 17.0 Å². The minimum atomic E-state index is -0.534. The lowest BCUT2D eigenvalue weighted by molar-refractivity contribution is 0.100.